The molecule has 0 spiro atoms. The predicted octanol–water partition coefficient (Wildman–Crippen LogP) is 4.66. The zero-order valence-corrected chi connectivity index (χ0v) is 18.7. The van der Waals surface area contributed by atoms with E-state index >= 15 is 0 Å². The number of pyridine rings is 1. The largest absolute Gasteiger partial charge is 0.493 e. The van der Waals surface area contributed by atoms with Gasteiger partial charge in [-0.2, -0.15) is 0 Å². The van der Waals surface area contributed by atoms with Crippen molar-refractivity contribution in [2.24, 2.45) is 0 Å². The molecule has 0 radical (unpaired) electrons. The van der Waals surface area contributed by atoms with Crippen LogP contribution in [0.1, 0.15) is 5.56 Å². The van der Waals surface area contributed by atoms with Gasteiger partial charge in [-0.25, -0.2) is 4.98 Å². The van der Waals surface area contributed by atoms with Crippen LogP contribution in [0.15, 0.2) is 78.9 Å². The van der Waals surface area contributed by atoms with Gasteiger partial charge in [0.25, 0.3) is 5.91 Å². The maximum absolute atomic E-state index is 12.4. The van der Waals surface area contributed by atoms with Gasteiger partial charge in [0.05, 0.1) is 25.4 Å². The third-order valence-corrected chi connectivity index (χ3v) is 5.29. The molecule has 6 nitrogen and oxygen atoms in total. The minimum Gasteiger partial charge on any atom is -0.493 e. The highest BCUT2D eigenvalue weighted by atomic mass is 16.5. The molecule has 33 heavy (non-hydrogen) atoms. The van der Waals surface area contributed by atoms with Crippen molar-refractivity contribution in [3.05, 3.63) is 84.4 Å². The Balaban J connectivity index is 1.39. The number of aromatic nitrogens is 1. The van der Waals surface area contributed by atoms with Gasteiger partial charge < -0.3 is 19.5 Å². The van der Waals surface area contributed by atoms with Crippen LogP contribution in [0.2, 0.25) is 0 Å². The van der Waals surface area contributed by atoms with E-state index in [1.54, 1.807) is 14.2 Å². The van der Waals surface area contributed by atoms with Crippen LogP contribution in [0.3, 0.4) is 0 Å². The summed E-state index contributed by atoms with van der Waals surface area (Å²) in [5, 5.41) is 3.78. The Morgan fingerprint density at radius 2 is 1.61 bits per heavy atom. The molecule has 1 N–H and O–H groups in total. The molecule has 0 fully saturated rings. The number of carbonyl (C=O) groups is 1. The highest BCUT2D eigenvalue weighted by Gasteiger charge is 2.11. The second-order valence-electron chi connectivity index (χ2n) is 7.47. The normalized spacial score (nSPS) is 10.6. The van der Waals surface area contributed by atoms with Crippen LogP contribution in [-0.2, 0) is 11.2 Å². The van der Waals surface area contributed by atoms with Gasteiger partial charge in [-0.15, -0.1) is 0 Å². The lowest BCUT2D eigenvalue weighted by Crippen LogP contribution is -2.30. The second kappa shape index (κ2) is 10.5. The number of nitrogens with one attached hydrogen (secondary N) is 1. The molecule has 1 heterocycles. The van der Waals surface area contributed by atoms with Crippen molar-refractivity contribution in [2.45, 2.75) is 6.42 Å². The Morgan fingerprint density at radius 3 is 2.39 bits per heavy atom. The Kier molecular flexibility index (Phi) is 7.05. The van der Waals surface area contributed by atoms with Gasteiger partial charge in [-0.05, 0) is 36.2 Å². The average Bonchev–Trinajstić information content (AvgIpc) is 2.87. The molecule has 3 aromatic carbocycles. The average molecular weight is 443 g/mol. The molecule has 0 atom stereocenters. The first kappa shape index (κ1) is 22.1. The quantitative estimate of drug-likeness (QED) is 0.408. The smallest absolute Gasteiger partial charge is 0.257 e. The Bertz CT molecular complexity index is 1240. The van der Waals surface area contributed by atoms with Crippen molar-refractivity contribution in [1.82, 2.24) is 10.3 Å². The number of hydrogen-bond donors (Lipinski definition) is 1. The first-order valence-corrected chi connectivity index (χ1v) is 10.7. The van der Waals surface area contributed by atoms with Crippen LogP contribution in [0.4, 0.5) is 0 Å². The first-order valence-electron chi connectivity index (χ1n) is 10.7. The van der Waals surface area contributed by atoms with Gasteiger partial charge in [-0.3, -0.25) is 4.79 Å². The molecular weight excluding hydrogens is 416 g/mol. The molecule has 1 amide bonds. The van der Waals surface area contributed by atoms with Crippen LogP contribution >= 0.6 is 0 Å². The topological polar surface area (TPSA) is 69.7 Å². The standard InChI is InChI=1S/C27H26N2O4/c1-31-24-13-12-19(16-26(24)32-2)14-15-28-27(30)18-33-25-17-23(20-8-4-3-5-9-20)29-22-11-7-6-10-21(22)25/h3-13,16-17H,14-15,18H2,1-2H3,(H,28,30). The maximum Gasteiger partial charge on any atom is 0.257 e. The fourth-order valence-electron chi connectivity index (χ4n) is 3.60. The summed E-state index contributed by atoms with van der Waals surface area (Å²) in [6.45, 7) is 0.415. The van der Waals surface area contributed by atoms with Crippen LogP contribution < -0.4 is 19.5 Å². The molecular formula is C27H26N2O4. The highest BCUT2D eigenvalue weighted by molar-refractivity contribution is 5.88. The number of hydrogen-bond acceptors (Lipinski definition) is 5. The van der Waals surface area contributed by atoms with E-state index in [1.165, 1.54) is 0 Å². The summed E-state index contributed by atoms with van der Waals surface area (Å²) in [5.41, 5.74) is 3.66. The molecule has 6 heteroatoms. The first-order chi connectivity index (χ1) is 16.2. The summed E-state index contributed by atoms with van der Waals surface area (Å²) >= 11 is 0. The third kappa shape index (κ3) is 5.41. The van der Waals surface area contributed by atoms with Crippen molar-refractivity contribution in [1.29, 1.82) is 0 Å². The predicted molar refractivity (Wildman–Crippen MR) is 129 cm³/mol. The minimum absolute atomic E-state index is 0.0752. The highest BCUT2D eigenvalue weighted by Crippen LogP contribution is 2.30. The lowest BCUT2D eigenvalue weighted by Gasteiger charge is -2.12. The molecule has 0 saturated carbocycles. The summed E-state index contributed by atoms with van der Waals surface area (Å²) in [7, 11) is 3.21. The summed E-state index contributed by atoms with van der Waals surface area (Å²) in [4.78, 5) is 17.2. The monoisotopic (exact) mass is 442 g/mol. The van der Waals surface area contributed by atoms with Gasteiger partial charge >= 0.3 is 0 Å². The SMILES string of the molecule is COc1ccc(CCNC(=O)COc2cc(-c3ccccc3)nc3ccccc23)cc1OC. The molecule has 4 rings (SSSR count). The van der Waals surface area contributed by atoms with Gasteiger partial charge in [-0.1, -0.05) is 48.5 Å². The number of rotatable bonds is 9. The molecule has 0 aliphatic heterocycles. The number of fused-ring (bicyclic) bond motifs is 1. The Hall–Kier alpha value is -4.06. The lowest BCUT2D eigenvalue weighted by atomic mass is 10.1. The van der Waals surface area contributed by atoms with E-state index in [9.17, 15) is 4.79 Å². The van der Waals surface area contributed by atoms with Crippen LogP contribution in [0.5, 0.6) is 17.2 Å². The summed E-state index contributed by atoms with van der Waals surface area (Å²) < 4.78 is 16.5. The zero-order chi connectivity index (χ0) is 23.0. The molecule has 0 aliphatic carbocycles. The maximum atomic E-state index is 12.4. The number of ether oxygens (including phenoxy) is 3. The van der Waals surface area contributed by atoms with E-state index < -0.39 is 0 Å². The number of amides is 1. The van der Waals surface area contributed by atoms with Crippen molar-refractivity contribution in [3.8, 4) is 28.5 Å². The van der Waals surface area contributed by atoms with Crippen molar-refractivity contribution >= 4 is 16.8 Å². The fourth-order valence-corrected chi connectivity index (χ4v) is 3.60. The summed E-state index contributed by atoms with van der Waals surface area (Å²) in [6, 6.07) is 25.3. The van der Waals surface area contributed by atoms with Crippen molar-refractivity contribution in [3.63, 3.8) is 0 Å². The Morgan fingerprint density at radius 1 is 0.848 bits per heavy atom. The molecule has 4 aromatic rings. The second-order valence-corrected chi connectivity index (χ2v) is 7.47. The minimum atomic E-state index is -0.183. The van der Waals surface area contributed by atoms with Gasteiger partial charge in [0.1, 0.15) is 5.75 Å². The van der Waals surface area contributed by atoms with E-state index in [-0.39, 0.29) is 12.5 Å². The third-order valence-electron chi connectivity index (χ3n) is 5.29. The van der Waals surface area contributed by atoms with Gasteiger partial charge in [0.2, 0.25) is 0 Å². The summed E-state index contributed by atoms with van der Waals surface area (Å²) in [6.07, 6.45) is 0.669. The van der Waals surface area contributed by atoms with E-state index in [4.69, 9.17) is 19.2 Å². The number of para-hydroxylation sites is 1. The molecule has 0 bridgehead atoms. The van der Waals surface area contributed by atoms with Crippen molar-refractivity contribution < 1.29 is 19.0 Å². The molecule has 0 unspecified atom stereocenters. The van der Waals surface area contributed by atoms with E-state index in [2.05, 4.69) is 5.32 Å². The van der Waals surface area contributed by atoms with E-state index in [0.29, 0.717) is 30.2 Å². The molecule has 1 aromatic heterocycles. The molecule has 168 valence electrons. The fraction of sp³-hybridized carbons (Fsp3) is 0.185. The molecule has 0 aliphatic rings. The van der Waals surface area contributed by atoms with Gasteiger partial charge in [0.15, 0.2) is 18.1 Å². The number of carbonyl (C=O) groups excluding carboxylic acids is 1. The van der Waals surface area contributed by atoms with Crippen LogP contribution in [0, 0.1) is 0 Å². The summed E-state index contributed by atoms with van der Waals surface area (Å²) in [5.74, 6) is 1.80. The van der Waals surface area contributed by atoms with Crippen LogP contribution in [0.25, 0.3) is 22.2 Å². The Labute approximate surface area is 193 Å². The number of benzene rings is 3. The van der Waals surface area contributed by atoms with Gasteiger partial charge in [0, 0.05) is 23.6 Å². The zero-order valence-electron chi connectivity index (χ0n) is 18.7. The van der Waals surface area contributed by atoms with E-state index in [0.717, 1.165) is 27.7 Å². The lowest BCUT2D eigenvalue weighted by molar-refractivity contribution is -0.123. The van der Waals surface area contributed by atoms with Crippen LogP contribution in [-0.4, -0.2) is 38.3 Å². The number of nitrogens with zero attached hydrogens (tertiary/aromatic N) is 1. The van der Waals surface area contributed by atoms with Crippen molar-refractivity contribution in [2.75, 3.05) is 27.4 Å². The van der Waals surface area contributed by atoms with E-state index in [1.807, 2.05) is 78.9 Å². The number of methoxy groups -OCH3 is 2. The molecule has 0 saturated heterocycles.